The molecule has 0 bridgehead atoms. The summed E-state index contributed by atoms with van der Waals surface area (Å²) in [5.74, 6) is -0.406. The molecule has 0 atom stereocenters. The van der Waals surface area contributed by atoms with Crippen molar-refractivity contribution >= 4 is 11.7 Å². The third kappa shape index (κ3) is 3.27. The van der Waals surface area contributed by atoms with Crippen molar-refractivity contribution in [3.63, 3.8) is 0 Å². The molecule has 0 aliphatic carbocycles. The van der Waals surface area contributed by atoms with Gasteiger partial charge in [-0.05, 0) is 24.3 Å². The topological polar surface area (TPSA) is 98.9 Å². The number of non-ortho nitro benzene ring substituents is 1. The number of carbonyl (C=O) groups is 1. The fourth-order valence-corrected chi connectivity index (χ4v) is 1.68. The Labute approximate surface area is 119 Å². The number of hydrogen-bond acceptors (Lipinski definition) is 5. The van der Waals surface area contributed by atoms with Gasteiger partial charge < -0.3 is 14.6 Å². The lowest BCUT2D eigenvalue weighted by Crippen LogP contribution is -1.98. The van der Waals surface area contributed by atoms with Gasteiger partial charge in [0, 0.05) is 6.07 Å². The Kier molecular flexibility index (Phi) is 4.03. The largest absolute Gasteiger partial charge is 0.493 e. The molecule has 7 nitrogen and oxygen atoms in total. The SMILES string of the molecule is COc1ccc(C(=O)O)cc1Oc1cccc([N+](=O)[O-])c1. The van der Waals surface area contributed by atoms with Crippen LogP contribution in [0.15, 0.2) is 42.5 Å². The standard InChI is InChI=1S/C14H11NO6/c1-20-12-6-5-9(14(16)17)7-13(12)21-11-4-2-3-10(8-11)15(18)19/h2-8H,1H3,(H,16,17). The molecule has 0 saturated heterocycles. The average Bonchev–Trinajstić information content (AvgIpc) is 2.47. The fourth-order valence-electron chi connectivity index (χ4n) is 1.68. The Morgan fingerprint density at radius 1 is 1.19 bits per heavy atom. The third-order valence-electron chi connectivity index (χ3n) is 2.67. The van der Waals surface area contributed by atoms with Crippen LogP contribution >= 0.6 is 0 Å². The molecule has 0 aliphatic heterocycles. The third-order valence-corrected chi connectivity index (χ3v) is 2.67. The average molecular weight is 289 g/mol. The van der Waals surface area contributed by atoms with E-state index in [9.17, 15) is 14.9 Å². The molecule has 7 heteroatoms. The van der Waals surface area contributed by atoms with E-state index in [0.29, 0.717) is 5.75 Å². The summed E-state index contributed by atoms with van der Waals surface area (Å²) >= 11 is 0. The highest BCUT2D eigenvalue weighted by Crippen LogP contribution is 2.33. The Hall–Kier alpha value is -3.09. The minimum atomic E-state index is -1.11. The highest BCUT2D eigenvalue weighted by Gasteiger charge is 2.13. The van der Waals surface area contributed by atoms with Crippen LogP contribution in [0.2, 0.25) is 0 Å². The van der Waals surface area contributed by atoms with Crippen molar-refractivity contribution in [3.05, 3.63) is 58.1 Å². The molecule has 2 rings (SSSR count). The zero-order chi connectivity index (χ0) is 15.4. The number of rotatable bonds is 5. The van der Waals surface area contributed by atoms with Gasteiger partial charge in [-0.3, -0.25) is 10.1 Å². The molecule has 0 heterocycles. The lowest BCUT2D eigenvalue weighted by molar-refractivity contribution is -0.384. The van der Waals surface area contributed by atoms with Gasteiger partial charge in [-0.1, -0.05) is 6.07 Å². The van der Waals surface area contributed by atoms with Crippen LogP contribution < -0.4 is 9.47 Å². The maximum atomic E-state index is 11.0. The number of ether oxygens (including phenoxy) is 2. The zero-order valence-corrected chi connectivity index (χ0v) is 11.0. The van der Waals surface area contributed by atoms with Crippen molar-refractivity contribution in [2.45, 2.75) is 0 Å². The van der Waals surface area contributed by atoms with Crippen LogP contribution in [0, 0.1) is 10.1 Å². The molecule has 0 unspecified atom stereocenters. The molecule has 1 N–H and O–H groups in total. The Morgan fingerprint density at radius 2 is 1.95 bits per heavy atom. The molecule has 108 valence electrons. The molecule has 0 amide bonds. The van der Waals surface area contributed by atoms with Gasteiger partial charge in [0.1, 0.15) is 5.75 Å². The Balaban J connectivity index is 2.37. The first kappa shape index (κ1) is 14.3. The molecule has 0 spiro atoms. The molecular weight excluding hydrogens is 278 g/mol. The van der Waals surface area contributed by atoms with Crippen LogP contribution in [0.3, 0.4) is 0 Å². The van der Waals surface area contributed by atoms with E-state index in [-0.39, 0.29) is 22.7 Å². The summed E-state index contributed by atoms with van der Waals surface area (Å²) in [5, 5.41) is 19.7. The van der Waals surface area contributed by atoms with Crippen LogP contribution in [0.25, 0.3) is 0 Å². The number of carboxylic acid groups (broad SMARTS) is 1. The van der Waals surface area contributed by atoms with Crippen molar-refractivity contribution in [3.8, 4) is 17.2 Å². The van der Waals surface area contributed by atoms with Gasteiger partial charge in [-0.15, -0.1) is 0 Å². The number of nitro groups is 1. The second-order valence-corrected chi connectivity index (χ2v) is 4.03. The summed E-state index contributed by atoms with van der Waals surface area (Å²) in [7, 11) is 1.41. The lowest BCUT2D eigenvalue weighted by Gasteiger charge is -2.10. The molecule has 0 saturated carbocycles. The first-order valence-corrected chi connectivity index (χ1v) is 5.85. The van der Waals surface area contributed by atoms with Gasteiger partial charge in [-0.25, -0.2) is 4.79 Å². The quantitative estimate of drug-likeness (QED) is 0.670. The summed E-state index contributed by atoms with van der Waals surface area (Å²) in [5.41, 5.74) is -0.0999. The van der Waals surface area contributed by atoms with Gasteiger partial charge in [0.25, 0.3) is 5.69 Å². The van der Waals surface area contributed by atoms with E-state index >= 15 is 0 Å². The molecule has 0 aromatic heterocycles. The summed E-state index contributed by atoms with van der Waals surface area (Å²) in [6, 6.07) is 9.70. The van der Waals surface area contributed by atoms with E-state index in [2.05, 4.69) is 0 Å². The highest BCUT2D eigenvalue weighted by molar-refractivity contribution is 5.88. The molecule has 0 radical (unpaired) electrons. The van der Waals surface area contributed by atoms with Crippen molar-refractivity contribution in [1.29, 1.82) is 0 Å². The van der Waals surface area contributed by atoms with E-state index < -0.39 is 10.9 Å². The summed E-state index contributed by atoms with van der Waals surface area (Å²) in [4.78, 5) is 21.1. The number of aromatic carboxylic acids is 1. The lowest BCUT2D eigenvalue weighted by atomic mass is 10.2. The van der Waals surface area contributed by atoms with Gasteiger partial charge >= 0.3 is 5.97 Å². The van der Waals surface area contributed by atoms with Crippen LogP contribution in [-0.4, -0.2) is 23.1 Å². The van der Waals surface area contributed by atoms with Crippen LogP contribution in [0.4, 0.5) is 5.69 Å². The number of carboxylic acids is 1. The van der Waals surface area contributed by atoms with Crippen LogP contribution in [-0.2, 0) is 0 Å². The second-order valence-electron chi connectivity index (χ2n) is 4.03. The summed E-state index contributed by atoms with van der Waals surface area (Å²) in [6.45, 7) is 0. The van der Waals surface area contributed by atoms with Crippen molar-refractivity contribution in [2.24, 2.45) is 0 Å². The summed E-state index contributed by atoms with van der Waals surface area (Å²) < 4.78 is 10.6. The van der Waals surface area contributed by atoms with E-state index in [4.69, 9.17) is 14.6 Å². The zero-order valence-electron chi connectivity index (χ0n) is 11.0. The number of hydrogen-bond donors (Lipinski definition) is 1. The number of methoxy groups -OCH3 is 1. The predicted molar refractivity (Wildman–Crippen MR) is 73.1 cm³/mol. The summed E-state index contributed by atoms with van der Waals surface area (Å²) in [6.07, 6.45) is 0. The smallest absolute Gasteiger partial charge is 0.335 e. The second kappa shape index (κ2) is 5.91. The monoisotopic (exact) mass is 289 g/mol. The predicted octanol–water partition coefficient (Wildman–Crippen LogP) is 3.09. The Bertz CT molecular complexity index is 698. The highest BCUT2D eigenvalue weighted by atomic mass is 16.6. The van der Waals surface area contributed by atoms with E-state index in [1.54, 1.807) is 0 Å². The molecule has 0 aliphatic rings. The fraction of sp³-hybridized carbons (Fsp3) is 0.0714. The number of nitrogens with zero attached hydrogens (tertiary/aromatic N) is 1. The molecular formula is C14H11NO6. The number of nitro benzene ring substituents is 1. The maximum absolute atomic E-state index is 11.0. The maximum Gasteiger partial charge on any atom is 0.335 e. The van der Waals surface area contributed by atoms with Crippen molar-refractivity contribution in [1.82, 2.24) is 0 Å². The van der Waals surface area contributed by atoms with E-state index in [1.165, 1.54) is 49.6 Å². The normalized spacial score (nSPS) is 9.95. The molecule has 0 fully saturated rings. The molecule has 2 aromatic rings. The van der Waals surface area contributed by atoms with Crippen molar-refractivity contribution < 1.29 is 24.3 Å². The van der Waals surface area contributed by atoms with Crippen LogP contribution in [0.5, 0.6) is 17.2 Å². The minimum absolute atomic E-state index is 0.0243. The minimum Gasteiger partial charge on any atom is -0.493 e. The van der Waals surface area contributed by atoms with Gasteiger partial charge in [0.2, 0.25) is 0 Å². The Morgan fingerprint density at radius 3 is 2.57 bits per heavy atom. The van der Waals surface area contributed by atoms with E-state index in [1.807, 2.05) is 0 Å². The first-order valence-electron chi connectivity index (χ1n) is 5.85. The number of benzene rings is 2. The van der Waals surface area contributed by atoms with Crippen molar-refractivity contribution in [2.75, 3.05) is 7.11 Å². The van der Waals surface area contributed by atoms with E-state index in [0.717, 1.165) is 0 Å². The van der Waals surface area contributed by atoms with Gasteiger partial charge in [-0.2, -0.15) is 0 Å². The van der Waals surface area contributed by atoms with Gasteiger partial charge in [0.05, 0.1) is 23.7 Å². The molecule has 21 heavy (non-hydrogen) atoms. The molecule has 2 aromatic carbocycles. The van der Waals surface area contributed by atoms with Crippen LogP contribution in [0.1, 0.15) is 10.4 Å². The van der Waals surface area contributed by atoms with Gasteiger partial charge in [0.15, 0.2) is 11.5 Å². The first-order chi connectivity index (χ1) is 10.0.